The van der Waals surface area contributed by atoms with E-state index in [0.717, 1.165) is 46.8 Å². The fraction of sp³-hybridized carbons (Fsp3) is 0.412. The molecule has 5 nitrogen and oxygen atoms in total. The molecule has 1 aliphatic rings. The lowest BCUT2D eigenvalue weighted by atomic mass is 9.87. The topological polar surface area (TPSA) is 58.6 Å². The Morgan fingerprint density at radius 2 is 1.68 bits per heavy atom. The normalized spacial score (nSPS) is 14.5. The highest BCUT2D eigenvalue weighted by molar-refractivity contribution is 9.10. The Balaban J connectivity index is 1.62. The number of amides is 2. The van der Waals surface area contributed by atoms with Crippen LogP contribution >= 0.6 is 15.9 Å². The summed E-state index contributed by atoms with van der Waals surface area (Å²) in [7, 11) is 0. The van der Waals surface area contributed by atoms with Gasteiger partial charge in [-0.3, -0.25) is 9.59 Å². The molecule has 40 heavy (non-hydrogen) atoms. The second-order valence-corrected chi connectivity index (χ2v) is 12.7. The molecule has 1 aliphatic carbocycles. The van der Waals surface area contributed by atoms with Crippen LogP contribution < -0.4 is 10.1 Å². The molecule has 0 spiro atoms. The van der Waals surface area contributed by atoms with Crippen molar-refractivity contribution in [3.05, 3.63) is 99.5 Å². The first-order valence-electron chi connectivity index (χ1n) is 14.2. The molecule has 212 valence electrons. The number of aryl methyl sites for hydroxylation is 1. The van der Waals surface area contributed by atoms with Crippen LogP contribution in [0.2, 0.25) is 0 Å². The van der Waals surface area contributed by atoms with E-state index in [9.17, 15) is 9.59 Å². The Labute approximate surface area is 247 Å². The van der Waals surface area contributed by atoms with Gasteiger partial charge in [0.15, 0.2) is 6.61 Å². The predicted molar refractivity (Wildman–Crippen MR) is 164 cm³/mol. The monoisotopic (exact) mass is 604 g/mol. The minimum absolute atomic E-state index is 0.00144. The largest absolute Gasteiger partial charge is 0.483 e. The summed E-state index contributed by atoms with van der Waals surface area (Å²) in [5, 5.41) is 3.26. The summed E-state index contributed by atoms with van der Waals surface area (Å²) in [5.41, 5.74) is 4.27. The highest BCUT2D eigenvalue weighted by atomic mass is 79.9. The highest BCUT2D eigenvalue weighted by Gasteiger charge is 2.32. The van der Waals surface area contributed by atoms with Crippen LogP contribution in [-0.4, -0.2) is 35.4 Å². The number of hydrogen-bond donors (Lipinski definition) is 1. The number of benzene rings is 3. The van der Waals surface area contributed by atoms with Crippen molar-refractivity contribution in [1.82, 2.24) is 10.2 Å². The molecule has 2 amide bonds. The molecule has 0 heterocycles. The van der Waals surface area contributed by atoms with Crippen molar-refractivity contribution in [2.24, 2.45) is 0 Å². The van der Waals surface area contributed by atoms with Crippen LogP contribution in [0.1, 0.15) is 68.7 Å². The average molecular weight is 606 g/mol. The lowest BCUT2D eigenvalue weighted by Gasteiger charge is -2.32. The molecule has 3 aromatic rings. The Hall–Kier alpha value is -3.12. The number of hydrogen-bond acceptors (Lipinski definition) is 3. The van der Waals surface area contributed by atoms with E-state index >= 15 is 0 Å². The van der Waals surface area contributed by atoms with Crippen molar-refractivity contribution in [1.29, 1.82) is 0 Å². The first-order chi connectivity index (χ1) is 19.1. The summed E-state index contributed by atoms with van der Waals surface area (Å²) < 4.78 is 6.86. The predicted octanol–water partition coefficient (Wildman–Crippen LogP) is 7.13. The van der Waals surface area contributed by atoms with E-state index in [1.165, 1.54) is 5.56 Å². The molecule has 0 radical (unpaired) electrons. The van der Waals surface area contributed by atoms with Gasteiger partial charge in [-0.1, -0.05) is 94.3 Å². The van der Waals surface area contributed by atoms with Crippen molar-refractivity contribution in [3.8, 4) is 5.75 Å². The van der Waals surface area contributed by atoms with E-state index in [1.54, 1.807) is 4.90 Å². The number of rotatable bonds is 10. The van der Waals surface area contributed by atoms with Crippen molar-refractivity contribution in [2.75, 3.05) is 6.61 Å². The molecule has 0 saturated heterocycles. The van der Waals surface area contributed by atoms with Crippen LogP contribution in [0.15, 0.2) is 77.3 Å². The van der Waals surface area contributed by atoms with Crippen molar-refractivity contribution >= 4 is 27.7 Å². The van der Waals surface area contributed by atoms with Crippen molar-refractivity contribution in [3.63, 3.8) is 0 Å². The summed E-state index contributed by atoms with van der Waals surface area (Å²) in [5.74, 6) is 0.276. The van der Waals surface area contributed by atoms with Gasteiger partial charge in [0.2, 0.25) is 5.91 Å². The first-order valence-corrected chi connectivity index (χ1v) is 15.0. The van der Waals surface area contributed by atoms with E-state index in [4.69, 9.17) is 4.74 Å². The summed E-state index contributed by atoms with van der Waals surface area (Å²) in [6.45, 7) is 8.67. The fourth-order valence-corrected chi connectivity index (χ4v) is 5.69. The average Bonchev–Trinajstić information content (AvgIpc) is 3.43. The van der Waals surface area contributed by atoms with Gasteiger partial charge < -0.3 is 15.0 Å². The lowest BCUT2D eigenvalue weighted by molar-refractivity contribution is -0.143. The van der Waals surface area contributed by atoms with Crippen LogP contribution in [0, 0.1) is 6.92 Å². The SMILES string of the molecule is Cc1ccccc1CN(C(=O)COc1ccc(C(C)(C)C)cc1Br)[C@@H](Cc1ccccc1)C(=O)NC1CCCC1. The molecule has 1 atom stereocenters. The van der Waals surface area contributed by atoms with Gasteiger partial charge in [0.05, 0.1) is 4.47 Å². The second kappa shape index (κ2) is 13.5. The van der Waals surface area contributed by atoms with Gasteiger partial charge in [0, 0.05) is 19.0 Å². The van der Waals surface area contributed by atoms with Crippen molar-refractivity contribution in [2.45, 2.75) is 83.8 Å². The third kappa shape index (κ3) is 7.97. The Morgan fingerprint density at radius 1 is 1.00 bits per heavy atom. The first kappa shape index (κ1) is 29.9. The summed E-state index contributed by atoms with van der Waals surface area (Å²) >= 11 is 3.62. The summed E-state index contributed by atoms with van der Waals surface area (Å²) in [6.07, 6.45) is 4.64. The van der Waals surface area contributed by atoms with Gasteiger partial charge in [0.25, 0.3) is 5.91 Å². The maximum absolute atomic E-state index is 13.9. The molecule has 3 aromatic carbocycles. The van der Waals surface area contributed by atoms with Gasteiger partial charge >= 0.3 is 0 Å². The quantitative estimate of drug-likeness (QED) is 0.268. The lowest BCUT2D eigenvalue weighted by Crippen LogP contribution is -2.53. The number of carbonyl (C=O) groups is 2. The van der Waals surface area contributed by atoms with Crippen LogP contribution in [0.3, 0.4) is 0 Å². The van der Waals surface area contributed by atoms with Crippen LogP contribution in [0.5, 0.6) is 5.75 Å². The highest BCUT2D eigenvalue weighted by Crippen LogP contribution is 2.31. The standard InChI is InChI=1S/C34H41BrN2O3/c1-24-12-8-9-15-26(24)22-37(32(38)23-40-31-19-18-27(21-29(31)35)34(2,3)4)30(20-25-13-6-5-7-14-25)33(39)36-28-16-10-11-17-28/h5-9,12-15,18-19,21,28,30H,10-11,16-17,20,22-23H2,1-4H3,(H,36,39)/t30-/m0/s1. The van der Waals surface area contributed by atoms with E-state index in [2.05, 4.69) is 42.0 Å². The van der Waals surface area contributed by atoms with E-state index in [-0.39, 0.29) is 29.9 Å². The van der Waals surface area contributed by atoms with Gasteiger partial charge in [-0.2, -0.15) is 0 Å². The molecular weight excluding hydrogens is 564 g/mol. The minimum atomic E-state index is -0.662. The van der Waals surface area contributed by atoms with Crippen LogP contribution in [0.4, 0.5) is 0 Å². The Bertz CT molecular complexity index is 1300. The number of halogens is 1. The number of nitrogens with one attached hydrogen (secondary N) is 1. The molecule has 1 saturated carbocycles. The Kier molecular flexibility index (Phi) is 10.1. The number of nitrogens with zero attached hydrogens (tertiary/aromatic N) is 1. The minimum Gasteiger partial charge on any atom is -0.483 e. The smallest absolute Gasteiger partial charge is 0.261 e. The number of carbonyl (C=O) groups excluding carboxylic acids is 2. The summed E-state index contributed by atoms with van der Waals surface area (Å²) in [6, 6.07) is 23.4. The van der Waals surface area contributed by atoms with Gasteiger partial charge in [-0.25, -0.2) is 0 Å². The molecule has 0 aromatic heterocycles. The molecule has 6 heteroatoms. The fourth-order valence-electron chi connectivity index (χ4n) is 5.20. The number of ether oxygens (including phenoxy) is 1. The summed E-state index contributed by atoms with van der Waals surface area (Å²) in [4.78, 5) is 29.5. The van der Waals surface area contributed by atoms with Gasteiger partial charge in [0.1, 0.15) is 11.8 Å². The molecule has 0 aliphatic heterocycles. The Morgan fingerprint density at radius 3 is 2.33 bits per heavy atom. The second-order valence-electron chi connectivity index (χ2n) is 11.8. The molecule has 0 unspecified atom stereocenters. The third-order valence-corrected chi connectivity index (χ3v) is 8.34. The van der Waals surface area contributed by atoms with Crippen LogP contribution in [0.25, 0.3) is 0 Å². The van der Waals surface area contributed by atoms with E-state index in [1.807, 2.05) is 79.7 Å². The molecule has 4 rings (SSSR count). The maximum atomic E-state index is 13.9. The zero-order valence-electron chi connectivity index (χ0n) is 24.1. The van der Waals surface area contributed by atoms with Crippen molar-refractivity contribution < 1.29 is 14.3 Å². The van der Waals surface area contributed by atoms with E-state index in [0.29, 0.717) is 18.7 Å². The van der Waals surface area contributed by atoms with Gasteiger partial charge in [-0.15, -0.1) is 0 Å². The zero-order chi connectivity index (χ0) is 28.7. The van der Waals surface area contributed by atoms with E-state index < -0.39 is 6.04 Å². The zero-order valence-corrected chi connectivity index (χ0v) is 25.7. The molecular formula is C34H41BrN2O3. The third-order valence-electron chi connectivity index (χ3n) is 7.72. The molecule has 0 bridgehead atoms. The maximum Gasteiger partial charge on any atom is 0.261 e. The molecule has 1 N–H and O–H groups in total. The molecule has 1 fully saturated rings. The van der Waals surface area contributed by atoms with Gasteiger partial charge in [-0.05, 0) is 75.5 Å². The van der Waals surface area contributed by atoms with Crippen LogP contribution in [-0.2, 0) is 28.0 Å².